The Balaban J connectivity index is 2.07. The van der Waals surface area contributed by atoms with E-state index in [2.05, 4.69) is 10.1 Å². The second-order valence-corrected chi connectivity index (χ2v) is 5.13. The van der Waals surface area contributed by atoms with E-state index in [9.17, 15) is 5.11 Å². The highest BCUT2D eigenvalue weighted by Crippen LogP contribution is 2.22. The van der Waals surface area contributed by atoms with Crippen LogP contribution in [0, 0.1) is 0 Å². The van der Waals surface area contributed by atoms with Gasteiger partial charge in [0, 0.05) is 16.5 Å². The minimum atomic E-state index is -0.451. The van der Waals surface area contributed by atoms with Gasteiger partial charge in [0.05, 0.1) is 12.5 Å². The Morgan fingerprint density at radius 1 is 1.37 bits per heavy atom. The van der Waals surface area contributed by atoms with E-state index in [1.807, 2.05) is 13.0 Å². The lowest BCUT2D eigenvalue weighted by Crippen LogP contribution is -2.08. The van der Waals surface area contributed by atoms with Crippen molar-refractivity contribution in [2.45, 2.75) is 32.3 Å². The van der Waals surface area contributed by atoms with Crippen LogP contribution in [0.1, 0.15) is 30.6 Å². The zero-order valence-electron chi connectivity index (χ0n) is 10.4. The highest BCUT2D eigenvalue weighted by atomic mass is 35.5. The van der Waals surface area contributed by atoms with Crippen molar-refractivity contribution in [3.05, 3.63) is 45.5 Å². The van der Waals surface area contributed by atoms with Gasteiger partial charge in [0.1, 0.15) is 0 Å². The molecule has 0 amide bonds. The topological polar surface area (TPSA) is 59.2 Å². The van der Waals surface area contributed by atoms with Crippen LogP contribution in [0.3, 0.4) is 0 Å². The van der Waals surface area contributed by atoms with Gasteiger partial charge in [-0.1, -0.05) is 41.3 Å². The molecule has 1 heterocycles. The first-order valence-corrected chi connectivity index (χ1v) is 6.77. The molecule has 1 unspecified atom stereocenters. The van der Waals surface area contributed by atoms with Gasteiger partial charge >= 0.3 is 0 Å². The summed E-state index contributed by atoms with van der Waals surface area (Å²) in [6.07, 6.45) is 1.05. The summed E-state index contributed by atoms with van der Waals surface area (Å²) in [7, 11) is 0. The van der Waals surface area contributed by atoms with Gasteiger partial charge in [0.15, 0.2) is 5.82 Å². The van der Waals surface area contributed by atoms with Gasteiger partial charge in [0.2, 0.25) is 5.89 Å². The third-order valence-electron chi connectivity index (χ3n) is 2.76. The minimum Gasteiger partial charge on any atom is -0.393 e. The Kier molecular flexibility index (Phi) is 4.80. The Hall–Kier alpha value is -1.10. The Morgan fingerprint density at radius 3 is 2.84 bits per heavy atom. The van der Waals surface area contributed by atoms with Gasteiger partial charge in [-0.05, 0) is 24.1 Å². The van der Waals surface area contributed by atoms with Crippen LogP contribution in [0.4, 0.5) is 0 Å². The molecule has 1 aromatic carbocycles. The number of hydrogen-bond acceptors (Lipinski definition) is 4. The van der Waals surface area contributed by atoms with Crippen molar-refractivity contribution < 1.29 is 9.63 Å². The molecule has 0 fully saturated rings. The summed E-state index contributed by atoms with van der Waals surface area (Å²) in [5.74, 6) is 0.983. The number of aliphatic hydroxyl groups excluding tert-OH is 1. The summed E-state index contributed by atoms with van der Waals surface area (Å²) in [6.45, 7) is 1.90. The molecule has 1 aromatic heterocycles. The predicted octanol–water partition coefficient (Wildman–Crippen LogP) is 3.28. The normalized spacial score (nSPS) is 12.6. The van der Waals surface area contributed by atoms with E-state index >= 15 is 0 Å². The largest absolute Gasteiger partial charge is 0.393 e. The van der Waals surface area contributed by atoms with Gasteiger partial charge in [0.25, 0.3) is 0 Å². The van der Waals surface area contributed by atoms with Gasteiger partial charge in [-0.2, -0.15) is 4.98 Å². The molecule has 1 N–H and O–H groups in total. The van der Waals surface area contributed by atoms with E-state index in [0.29, 0.717) is 41.0 Å². The third-order valence-corrected chi connectivity index (χ3v) is 3.34. The average molecular weight is 301 g/mol. The van der Waals surface area contributed by atoms with Crippen molar-refractivity contribution in [1.82, 2.24) is 10.1 Å². The summed E-state index contributed by atoms with van der Waals surface area (Å²) in [5, 5.41) is 14.6. The van der Waals surface area contributed by atoms with Crippen LogP contribution in [0.2, 0.25) is 10.0 Å². The molecule has 1 atom stereocenters. The predicted molar refractivity (Wildman–Crippen MR) is 73.6 cm³/mol. The standard InChI is InChI=1S/C13H14Cl2N2O2/c1-2-10(18)7-13-16-12(17-19-13)5-8-3-4-9(14)6-11(8)15/h3-4,6,10,18H,2,5,7H2,1H3. The number of halogens is 2. The highest BCUT2D eigenvalue weighted by Gasteiger charge is 2.12. The molecule has 4 nitrogen and oxygen atoms in total. The maximum absolute atomic E-state index is 9.52. The summed E-state index contributed by atoms with van der Waals surface area (Å²) < 4.78 is 5.08. The van der Waals surface area contributed by atoms with E-state index in [1.165, 1.54) is 0 Å². The third kappa shape index (κ3) is 3.93. The monoisotopic (exact) mass is 300 g/mol. The fourth-order valence-corrected chi connectivity index (χ4v) is 2.10. The molecule has 0 aliphatic carbocycles. The number of nitrogens with zero attached hydrogens (tertiary/aromatic N) is 2. The maximum atomic E-state index is 9.52. The van der Waals surface area contributed by atoms with Crippen molar-refractivity contribution in [3.8, 4) is 0 Å². The molecule has 19 heavy (non-hydrogen) atoms. The summed E-state index contributed by atoms with van der Waals surface area (Å²) in [6, 6.07) is 5.28. The van der Waals surface area contributed by atoms with Crippen LogP contribution < -0.4 is 0 Å². The van der Waals surface area contributed by atoms with Crippen LogP contribution >= 0.6 is 23.2 Å². The van der Waals surface area contributed by atoms with Gasteiger partial charge < -0.3 is 9.63 Å². The molecule has 0 spiro atoms. The van der Waals surface area contributed by atoms with Crippen LogP contribution in [0.25, 0.3) is 0 Å². The molecular formula is C13H14Cl2N2O2. The smallest absolute Gasteiger partial charge is 0.229 e. The second kappa shape index (κ2) is 6.37. The molecular weight excluding hydrogens is 287 g/mol. The fourth-order valence-electron chi connectivity index (χ4n) is 1.63. The lowest BCUT2D eigenvalue weighted by Gasteiger charge is -2.02. The van der Waals surface area contributed by atoms with E-state index in [-0.39, 0.29) is 0 Å². The summed E-state index contributed by atoms with van der Waals surface area (Å²) in [4.78, 5) is 4.23. The lowest BCUT2D eigenvalue weighted by molar-refractivity contribution is 0.158. The van der Waals surface area contributed by atoms with Gasteiger partial charge in [-0.25, -0.2) is 0 Å². The van der Waals surface area contributed by atoms with Gasteiger partial charge in [-0.15, -0.1) is 0 Å². The Labute approximate surface area is 121 Å². The fraction of sp³-hybridized carbons (Fsp3) is 0.385. The number of benzene rings is 1. The van der Waals surface area contributed by atoms with Crippen molar-refractivity contribution in [2.24, 2.45) is 0 Å². The molecule has 0 saturated heterocycles. The summed E-state index contributed by atoms with van der Waals surface area (Å²) >= 11 is 11.9. The van der Waals surface area contributed by atoms with Crippen LogP contribution in [-0.4, -0.2) is 21.4 Å². The van der Waals surface area contributed by atoms with E-state index in [1.54, 1.807) is 12.1 Å². The quantitative estimate of drug-likeness (QED) is 0.920. The van der Waals surface area contributed by atoms with Crippen LogP contribution in [-0.2, 0) is 12.8 Å². The van der Waals surface area contributed by atoms with Crippen LogP contribution in [0.15, 0.2) is 22.7 Å². The second-order valence-electron chi connectivity index (χ2n) is 4.28. The first-order valence-electron chi connectivity index (χ1n) is 6.02. The average Bonchev–Trinajstić information content (AvgIpc) is 2.80. The van der Waals surface area contributed by atoms with Gasteiger partial charge in [-0.3, -0.25) is 0 Å². The molecule has 2 aromatic rings. The number of aromatic nitrogens is 2. The zero-order chi connectivity index (χ0) is 13.8. The van der Waals surface area contributed by atoms with Crippen molar-refractivity contribution in [3.63, 3.8) is 0 Å². The zero-order valence-corrected chi connectivity index (χ0v) is 11.9. The minimum absolute atomic E-state index is 0.373. The SMILES string of the molecule is CCC(O)Cc1nc(Cc2ccc(Cl)cc2Cl)no1. The maximum Gasteiger partial charge on any atom is 0.229 e. The Bertz CT molecular complexity index is 557. The van der Waals surface area contributed by atoms with Crippen molar-refractivity contribution in [2.75, 3.05) is 0 Å². The van der Waals surface area contributed by atoms with E-state index in [0.717, 1.165) is 5.56 Å². The number of rotatable bonds is 5. The van der Waals surface area contributed by atoms with Crippen molar-refractivity contribution >= 4 is 23.2 Å². The molecule has 0 saturated carbocycles. The van der Waals surface area contributed by atoms with E-state index in [4.69, 9.17) is 27.7 Å². The van der Waals surface area contributed by atoms with Crippen molar-refractivity contribution in [1.29, 1.82) is 0 Å². The van der Waals surface area contributed by atoms with E-state index < -0.39 is 6.10 Å². The molecule has 2 rings (SSSR count). The number of aliphatic hydroxyl groups is 1. The highest BCUT2D eigenvalue weighted by molar-refractivity contribution is 6.35. The number of hydrogen-bond donors (Lipinski definition) is 1. The molecule has 0 aliphatic heterocycles. The molecule has 6 heteroatoms. The van der Waals surface area contributed by atoms with Crippen LogP contribution in [0.5, 0.6) is 0 Å². The molecule has 102 valence electrons. The molecule has 0 radical (unpaired) electrons. The Morgan fingerprint density at radius 2 is 2.16 bits per heavy atom. The first kappa shape index (κ1) is 14.3. The summed E-state index contributed by atoms with van der Waals surface area (Å²) in [5.41, 5.74) is 0.884. The molecule has 0 aliphatic rings. The lowest BCUT2D eigenvalue weighted by atomic mass is 10.1. The first-order chi connectivity index (χ1) is 9.08. The molecule has 0 bridgehead atoms.